The maximum absolute atomic E-state index is 11.5. The molecule has 0 bridgehead atoms. The normalized spacial score (nSPS) is 9.76. The van der Waals surface area contributed by atoms with Gasteiger partial charge in [-0.2, -0.15) is 0 Å². The highest BCUT2D eigenvalue weighted by atomic mass is 35.5. The number of hydrogen-bond donors (Lipinski definition) is 3. The van der Waals surface area contributed by atoms with Gasteiger partial charge in [-0.25, -0.2) is 9.86 Å². The van der Waals surface area contributed by atoms with Crippen LogP contribution in [0, 0.1) is 0 Å². The van der Waals surface area contributed by atoms with E-state index in [2.05, 4.69) is 5.32 Å². The van der Waals surface area contributed by atoms with E-state index in [-0.39, 0.29) is 19.0 Å². The summed E-state index contributed by atoms with van der Waals surface area (Å²) >= 11 is 5.67. The molecule has 4 N–H and O–H groups in total. The van der Waals surface area contributed by atoms with Crippen LogP contribution in [0.25, 0.3) is 0 Å². The smallest absolute Gasteiger partial charge is 0.338 e. The average Bonchev–Trinajstić information content (AvgIpc) is 2.29. The van der Waals surface area contributed by atoms with Crippen LogP contribution in [-0.2, 0) is 0 Å². The third-order valence-corrected chi connectivity index (χ3v) is 2.22. The van der Waals surface area contributed by atoms with E-state index in [0.717, 1.165) is 0 Å². The van der Waals surface area contributed by atoms with Crippen LogP contribution in [0.1, 0.15) is 10.4 Å². The molecule has 92 valence electrons. The Balaban J connectivity index is 2.40. The van der Waals surface area contributed by atoms with Crippen LogP contribution in [-0.4, -0.2) is 35.3 Å². The van der Waals surface area contributed by atoms with Crippen LogP contribution in [0.15, 0.2) is 24.3 Å². The van der Waals surface area contributed by atoms with E-state index >= 15 is 0 Å². The van der Waals surface area contributed by atoms with Crippen LogP contribution >= 0.6 is 11.6 Å². The van der Waals surface area contributed by atoms with Crippen LogP contribution in [0.2, 0.25) is 5.02 Å². The molecule has 0 saturated heterocycles. The van der Waals surface area contributed by atoms with Crippen molar-refractivity contribution in [2.24, 2.45) is 5.73 Å². The summed E-state index contributed by atoms with van der Waals surface area (Å²) in [6.07, 6.45) is 0. The molecule has 1 aromatic carbocycles. The molecule has 0 heterocycles. The summed E-state index contributed by atoms with van der Waals surface area (Å²) in [5.41, 5.74) is 5.23. The Labute approximate surface area is 103 Å². The first kappa shape index (κ1) is 13.3. The molecule has 0 spiro atoms. The van der Waals surface area contributed by atoms with Crippen LogP contribution in [0.4, 0.5) is 4.79 Å². The highest BCUT2D eigenvalue weighted by molar-refractivity contribution is 6.30. The summed E-state index contributed by atoms with van der Waals surface area (Å²) in [5, 5.41) is 12.3. The molecule has 1 aromatic rings. The van der Waals surface area contributed by atoms with E-state index in [4.69, 9.17) is 22.5 Å². The summed E-state index contributed by atoms with van der Waals surface area (Å²) < 4.78 is 0. The minimum atomic E-state index is -0.967. The van der Waals surface area contributed by atoms with Crippen molar-refractivity contribution in [3.05, 3.63) is 34.9 Å². The van der Waals surface area contributed by atoms with Gasteiger partial charge in [0.05, 0.1) is 6.54 Å². The number of carbonyl (C=O) groups is 2. The molecule has 0 aromatic heterocycles. The highest BCUT2D eigenvalue weighted by Gasteiger charge is 2.07. The Bertz CT molecular complexity index is 408. The minimum absolute atomic E-state index is 0.0747. The number of benzene rings is 1. The van der Waals surface area contributed by atoms with Gasteiger partial charge < -0.3 is 11.1 Å². The number of nitrogens with one attached hydrogen (secondary N) is 1. The van der Waals surface area contributed by atoms with E-state index < -0.39 is 6.03 Å². The van der Waals surface area contributed by atoms with Gasteiger partial charge in [-0.15, -0.1) is 0 Å². The SMILES string of the molecule is NC(=O)N(O)CCNC(=O)c1ccc(Cl)cc1. The van der Waals surface area contributed by atoms with Gasteiger partial charge >= 0.3 is 6.03 Å². The number of nitrogens with two attached hydrogens (primary N) is 1. The number of halogens is 1. The first-order chi connectivity index (χ1) is 8.00. The second-order valence-corrected chi connectivity index (χ2v) is 3.66. The molecule has 0 unspecified atom stereocenters. The third-order valence-electron chi connectivity index (χ3n) is 1.97. The number of carbonyl (C=O) groups excluding carboxylic acids is 2. The molecule has 6 nitrogen and oxygen atoms in total. The van der Waals surface area contributed by atoms with Gasteiger partial charge in [0.15, 0.2) is 0 Å². The Morgan fingerprint density at radius 2 is 1.94 bits per heavy atom. The van der Waals surface area contributed by atoms with Gasteiger partial charge in [0.1, 0.15) is 0 Å². The molecular weight excluding hydrogens is 246 g/mol. The van der Waals surface area contributed by atoms with Crippen molar-refractivity contribution in [3.8, 4) is 0 Å². The molecule has 1 rings (SSSR count). The maximum atomic E-state index is 11.5. The standard InChI is InChI=1S/C10H12ClN3O3/c11-8-3-1-7(2-4-8)9(15)13-5-6-14(17)10(12)16/h1-4,17H,5-6H2,(H2,12,16)(H,13,15). The van der Waals surface area contributed by atoms with Crippen molar-refractivity contribution in [1.29, 1.82) is 0 Å². The second-order valence-electron chi connectivity index (χ2n) is 3.22. The molecule has 7 heteroatoms. The zero-order valence-electron chi connectivity index (χ0n) is 8.89. The minimum Gasteiger partial charge on any atom is -0.350 e. The highest BCUT2D eigenvalue weighted by Crippen LogP contribution is 2.09. The lowest BCUT2D eigenvalue weighted by molar-refractivity contribution is -0.0376. The lowest BCUT2D eigenvalue weighted by Crippen LogP contribution is -2.39. The fourth-order valence-corrected chi connectivity index (χ4v) is 1.21. The fourth-order valence-electron chi connectivity index (χ4n) is 1.09. The first-order valence-corrected chi connectivity index (χ1v) is 5.18. The quantitative estimate of drug-likeness (QED) is 0.551. The van der Waals surface area contributed by atoms with Crippen molar-refractivity contribution >= 4 is 23.5 Å². The number of urea groups is 1. The molecule has 0 aliphatic heterocycles. The van der Waals surface area contributed by atoms with E-state index in [1.807, 2.05) is 0 Å². The van der Waals surface area contributed by atoms with Gasteiger partial charge in [0.2, 0.25) is 0 Å². The topological polar surface area (TPSA) is 95.7 Å². The summed E-state index contributed by atoms with van der Waals surface area (Å²) in [5.74, 6) is -0.320. The third kappa shape index (κ3) is 4.29. The Morgan fingerprint density at radius 1 is 1.35 bits per heavy atom. The van der Waals surface area contributed by atoms with Gasteiger partial charge in [0.25, 0.3) is 5.91 Å². The summed E-state index contributed by atoms with van der Waals surface area (Å²) in [6.45, 7) is 0.0234. The number of primary amides is 1. The number of nitrogens with zero attached hydrogens (tertiary/aromatic N) is 1. The predicted octanol–water partition coefficient (Wildman–Crippen LogP) is 0.840. The molecule has 3 amide bonds. The first-order valence-electron chi connectivity index (χ1n) is 4.80. The molecule has 0 atom stereocenters. The largest absolute Gasteiger partial charge is 0.350 e. The molecule has 0 fully saturated rings. The number of amides is 3. The summed E-state index contributed by atoms with van der Waals surface area (Å²) in [6, 6.07) is 5.37. The molecule has 0 aliphatic carbocycles. The van der Waals surface area contributed by atoms with Crippen molar-refractivity contribution in [1.82, 2.24) is 10.4 Å². The second kappa shape index (κ2) is 6.07. The zero-order chi connectivity index (χ0) is 12.8. The number of rotatable bonds is 4. The van der Waals surface area contributed by atoms with Crippen molar-refractivity contribution in [2.75, 3.05) is 13.1 Å². The maximum Gasteiger partial charge on any atom is 0.338 e. The van der Waals surface area contributed by atoms with Crippen molar-refractivity contribution < 1.29 is 14.8 Å². The van der Waals surface area contributed by atoms with Gasteiger partial charge in [-0.1, -0.05) is 11.6 Å². The molecule has 0 radical (unpaired) electrons. The Hall–Kier alpha value is -1.79. The monoisotopic (exact) mass is 257 g/mol. The predicted molar refractivity (Wildman–Crippen MR) is 61.9 cm³/mol. The lowest BCUT2D eigenvalue weighted by Gasteiger charge is -2.12. The van der Waals surface area contributed by atoms with Gasteiger partial charge in [-0.05, 0) is 24.3 Å². The Morgan fingerprint density at radius 3 is 2.47 bits per heavy atom. The Kier molecular flexibility index (Phi) is 4.74. The van der Waals surface area contributed by atoms with Crippen molar-refractivity contribution in [2.45, 2.75) is 0 Å². The lowest BCUT2D eigenvalue weighted by atomic mass is 10.2. The summed E-state index contributed by atoms with van der Waals surface area (Å²) in [7, 11) is 0. The van der Waals surface area contributed by atoms with Crippen LogP contribution in [0.3, 0.4) is 0 Å². The van der Waals surface area contributed by atoms with E-state index in [0.29, 0.717) is 15.6 Å². The van der Waals surface area contributed by atoms with Gasteiger partial charge in [-0.3, -0.25) is 10.0 Å². The molecule has 17 heavy (non-hydrogen) atoms. The fraction of sp³-hybridized carbons (Fsp3) is 0.200. The van der Waals surface area contributed by atoms with E-state index in [9.17, 15) is 9.59 Å². The zero-order valence-corrected chi connectivity index (χ0v) is 9.65. The molecule has 0 aliphatic rings. The van der Waals surface area contributed by atoms with Crippen LogP contribution in [0.5, 0.6) is 0 Å². The molecule has 0 saturated carbocycles. The van der Waals surface area contributed by atoms with E-state index in [1.165, 1.54) is 0 Å². The van der Waals surface area contributed by atoms with Crippen molar-refractivity contribution in [3.63, 3.8) is 0 Å². The van der Waals surface area contributed by atoms with E-state index in [1.54, 1.807) is 24.3 Å². The summed E-state index contributed by atoms with van der Waals surface area (Å²) in [4.78, 5) is 22.0. The number of hydroxylamine groups is 2. The van der Waals surface area contributed by atoms with Crippen LogP contribution < -0.4 is 11.1 Å². The number of hydrogen-bond acceptors (Lipinski definition) is 3. The van der Waals surface area contributed by atoms with Gasteiger partial charge in [0, 0.05) is 17.1 Å². The molecular formula is C10H12ClN3O3. The average molecular weight is 258 g/mol.